The van der Waals surface area contributed by atoms with Gasteiger partial charge in [-0.15, -0.1) is 0 Å². The molecule has 0 spiro atoms. The molecule has 1 saturated heterocycles. The lowest BCUT2D eigenvalue weighted by atomic mass is 10.0. The van der Waals surface area contributed by atoms with Crippen molar-refractivity contribution >= 4 is 27.8 Å². The molecular weight excluding hydrogens is 501 g/mol. The Balaban J connectivity index is 1.25. The van der Waals surface area contributed by atoms with Crippen LogP contribution in [0.2, 0.25) is 0 Å². The molecule has 40 heavy (non-hydrogen) atoms. The molecule has 0 unspecified atom stereocenters. The van der Waals surface area contributed by atoms with E-state index in [2.05, 4.69) is 92.5 Å². The molecule has 1 aromatic carbocycles. The van der Waals surface area contributed by atoms with E-state index in [0.29, 0.717) is 5.52 Å². The Hall–Kier alpha value is -4.17. The first-order valence-corrected chi connectivity index (χ1v) is 13.9. The van der Waals surface area contributed by atoms with Crippen LogP contribution in [0.1, 0.15) is 37.7 Å². The van der Waals surface area contributed by atoms with Crippen molar-refractivity contribution in [2.24, 2.45) is 0 Å². The van der Waals surface area contributed by atoms with Crippen LogP contribution in [0.3, 0.4) is 0 Å². The van der Waals surface area contributed by atoms with Gasteiger partial charge in [-0.25, -0.2) is 14.4 Å². The van der Waals surface area contributed by atoms with E-state index in [9.17, 15) is 0 Å². The van der Waals surface area contributed by atoms with Gasteiger partial charge in [0, 0.05) is 78.2 Å². The molecule has 8 heteroatoms. The maximum atomic E-state index is 15.2. The molecule has 0 saturated carbocycles. The molecular formula is C32H36FN7. The number of rotatable bonds is 6. The number of fused-ring (bicyclic) bond motifs is 2. The zero-order valence-electron chi connectivity index (χ0n) is 23.6. The molecule has 4 heterocycles. The van der Waals surface area contributed by atoms with Crippen molar-refractivity contribution in [2.75, 3.05) is 33.2 Å². The van der Waals surface area contributed by atoms with E-state index in [1.165, 1.54) is 5.70 Å². The minimum atomic E-state index is -0.323. The fraction of sp³-hybridized carbons (Fsp3) is 0.312. The third-order valence-electron chi connectivity index (χ3n) is 7.89. The Bertz CT molecular complexity index is 1690. The van der Waals surface area contributed by atoms with Gasteiger partial charge >= 0.3 is 0 Å². The number of aryl methyl sites for hydroxylation is 1. The molecule has 7 nitrogen and oxygen atoms in total. The third kappa shape index (κ3) is 4.84. The molecule has 0 atom stereocenters. The SMILES string of the molecule is C=C(NC1=CCC=C(N2CCN(C)CC2)C=C1)c1cnc2[nH]cc(-c3cc(F)c4nc(C)n(C(C)C)c4c3)c2c1. The van der Waals surface area contributed by atoms with Crippen molar-refractivity contribution in [3.63, 3.8) is 0 Å². The molecule has 1 aliphatic carbocycles. The Kier molecular flexibility index (Phi) is 6.80. The summed E-state index contributed by atoms with van der Waals surface area (Å²) in [6, 6.07) is 5.82. The predicted octanol–water partition coefficient (Wildman–Crippen LogP) is 6.14. The lowest BCUT2D eigenvalue weighted by Crippen LogP contribution is -2.43. The maximum absolute atomic E-state index is 15.2. The number of halogens is 1. The second-order valence-electron chi connectivity index (χ2n) is 11.0. The fourth-order valence-corrected chi connectivity index (χ4v) is 5.74. The van der Waals surface area contributed by atoms with Gasteiger partial charge in [-0.1, -0.05) is 18.7 Å². The van der Waals surface area contributed by atoms with Crippen LogP contribution in [0.5, 0.6) is 0 Å². The van der Waals surface area contributed by atoms with Crippen LogP contribution >= 0.6 is 0 Å². The highest BCUT2D eigenvalue weighted by atomic mass is 19.1. The molecule has 0 amide bonds. The van der Waals surface area contributed by atoms with Crippen LogP contribution in [0.25, 0.3) is 38.9 Å². The summed E-state index contributed by atoms with van der Waals surface area (Å²) >= 11 is 0. The standard InChI is InChI=1S/C32H36FN7/c1-20(2)40-22(4)37-31-29(33)16-23(17-30(31)40)28-19-35-32-27(28)15-24(18-34-32)21(3)36-25-7-6-8-26(10-9-25)39-13-11-38(5)12-14-39/h7-10,15-20,36H,3,6,11-14H2,1-2,4-5H3,(H,34,35). The average Bonchev–Trinajstić information content (AvgIpc) is 3.42. The number of H-pyrrole nitrogens is 1. The largest absolute Gasteiger partial charge is 0.369 e. The van der Waals surface area contributed by atoms with Crippen LogP contribution < -0.4 is 5.32 Å². The summed E-state index contributed by atoms with van der Waals surface area (Å²) in [5, 5.41) is 4.39. The zero-order chi connectivity index (χ0) is 28.0. The fourth-order valence-electron chi connectivity index (χ4n) is 5.74. The van der Waals surface area contributed by atoms with Crippen molar-refractivity contribution in [2.45, 2.75) is 33.2 Å². The van der Waals surface area contributed by atoms with Gasteiger partial charge < -0.3 is 24.7 Å². The van der Waals surface area contributed by atoms with Gasteiger partial charge in [0.2, 0.25) is 0 Å². The number of likely N-dealkylation sites (N-methyl/N-ethyl adjacent to an activating group) is 1. The number of imidazole rings is 1. The Morgan fingerprint density at radius 3 is 2.67 bits per heavy atom. The molecule has 1 fully saturated rings. The Morgan fingerprint density at radius 1 is 1.10 bits per heavy atom. The van der Waals surface area contributed by atoms with Gasteiger partial charge in [-0.2, -0.15) is 0 Å². The lowest BCUT2D eigenvalue weighted by Gasteiger charge is -2.34. The van der Waals surface area contributed by atoms with Gasteiger partial charge in [0.15, 0.2) is 5.82 Å². The van der Waals surface area contributed by atoms with Crippen molar-refractivity contribution in [3.8, 4) is 11.1 Å². The van der Waals surface area contributed by atoms with E-state index in [4.69, 9.17) is 0 Å². The van der Waals surface area contributed by atoms with E-state index in [0.717, 1.165) is 83.1 Å². The second-order valence-corrected chi connectivity index (χ2v) is 11.0. The molecule has 6 rings (SSSR count). The number of hydrogen-bond donors (Lipinski definition) is 2. The first kappa shape index (κ1) is 26.1. The molecule has 0 radical (unpaired) electrons. The van der Waals surface area contributed by atoms with E-state index in [1.54, 1.807) is 6.07 Å². The number of nitrogens with one attached hydrogen (secondary N) is 2. The molecule has 4 aromatic rings. The highest BCUT2D eigenvalue weighted by Gasteiger charge is 2.18. The first-order chi connectivity index (χ1) is 19.3. The number of piperazine rings is 1. The number of benzene rings is 1. The second kappa shape index (κ2) is 10.4. The molecule has 2 N–H and O–H groups in total. The van der Waals surface area contributed by atoms with Gasteiger partial charge in [0.1, 0.15) is 17.0 Å². The predicted molar refractivity (Wildman–Crippen MR) is 161 cm³/mol. The van der Waals surface area contributed by atoms with Crippen molar-refractivity contribution in [1.29, 1.82) is 0 Å². The van der Waals surface area contributed by atoms with Crippen LogP contribution in [0.15, 0.2) is 72.9 Å². The van der Waals surface area contributed by atoms with Crippen LogP contribution in [0.4, 0.5) is 4.39 Å². The minimum Gasteiger partial charge on any atom is -0.369 e. The first-order valence-electron chi connectivity index (χ1n) is 13.9. The summed E-state index contributed by atoms with van der Waals surface area (Å²) in [6.45, 7) is 14.6. The summed E-state index contributed by atoms with van der Waals surface area (Å²) < 4.78 is 17.3. The number of allylic oxidation sites excluding steroid dienone is 4. The molecule has 3 aromatic heterocycles. The zero-order valence-corrected chi connectivity index (χ0v) is 23.6. The monoisotopic (exact) mass is 537 g/mol. The van der Waals surface area contributed by atoms with E-state index in [-0.39, 0.29) is 11.9 Å². The van der Waals surface area contributed by atoms with Crippen molar-refractivity contribution < 1.29 is 4.39 Å². The molecule has 1 aliphatic heterocycles. The topological polar surface area (TPSA) is 65.0 Å². The number of nitrogens with zero attached hydrogens (tertiary/aromatic N) is 5. The summed E-state index contributed by atoms with van der Waals surface area (Å²) in [7, 11) is 2.17. The van der Waals surface area contributed by atoms with Crippen molar-refractivity contribution in [3.05, 3.63) is 90.1 Å². The van der Waals surface area contributed by atoms with Crippen LogP contribution in [-0.4, -0.2) is 62.5 Å². The lowest BCUT2D eigenvalue weighted by molar-refractivity contribution is 0.190. The van der Waals surface area contributed by atoms with Crippen LogP contribution in [-0.2, 0) is 0 Å². The third-order valence-corrected chi connectivity index (χ3v) is 7.89. The van der Waals surface area contributed by atoms with E-state index in [1.807, 2.05) is 25.4 Å². The summed E-state index contributed by atoms with van der Waals surface area (Å²) in [5.41, 5.74) is 7.53. The highest BCUT2D eigenvalue weighted by molar-refractivity contribution is 5.97. The number of aromatic amines is 1. The van der Waals surface area contributed by atoms with Gasteiger partial charge in [0.25, 0.3) is 0 Å². The van der Waals surface area contributed by atoms with Gasteiger partial charge in [0.05, 0.1) is 5.52 Å². The molecule has 0 bridgehead atoms. The maximum Gasteiger partial charge on any atom is 0.151 e. The summed E-state index contributed by atoms with van der Waals surface area (Å²) in [6.07, 6.45) is 13.3. The molecule has 2 aliphatic rings. The Labute approximate surface area is 234 Å². The molecule has 206 valence electrons. The smallest absolute Gasteiger partial charge is 0.151 e. The minimum absolute atomic E-state index is 0.172. The number of hydrogen-bond acceptors (Lipinski definition) is 5. The van der Waals surface area contributed by atoms with Crippen molar-refractivity contribution in [1.82, 2.24) is 34.6 Å². The van der Waals surface area contributed by atoms with Gasteiger partial charge in [-0.05, 0) is 70.2 Å². The Morgan fingerprint density at radius 2 is 1.90 bits per heavy atom. The highest BCUT2D eigenvalue weighted by Crippen LogP contribution is 2.34. The quantitative estimate of drug-likeness (QED) is 0.309. The van der Waals surface area contributed by atoms with Crippen LogP contribution in [0, 0.1) is 12.7 Å². The normalized spacial score (nSPS) is 16.5. The summed E-state index contributed by atoms with van der Waals surface area (Å²) in [5.74, 6) is 0.482. The number of pyridine rings is 1. The summed E-state index contributed by atoms with van der Waals surface area (Å²) in [4.78, 5) is 17.2. The van der Waals surface area contributed by atoms with E-state index < -0.39 is 0 Å². The van der Waals surface area contributed by atoms with Gasteiger partial charge in [-0.3, -0.25) is 0 Å². The average molecular weight is 538 g/mol. The number of aromatic nitrogens is 4. The van der Waals surface area contributed by atoms with E-state index >= 15 is 4.39 Å².